The lowest BCUT2D eigenvalue weighted by Crippen LogP contribution is -2.52. The Hall–Kier alpha value is -2.78. The number of rotatable bonds is 11. The van der Waals surface area contributed by atoms with E-state index in [1.807, 2.05) is 13.8 Å². The van der Waals surface area contributed by atoms with Crippen molar-refractivity contribution in [2.45, 2.75) is 46.3 Å². The number of amides is 2. The maximum Gasteiger partial charge on any atom is 0.244 e. The molecule has 0 aliphatic heterocycles. The van der Waals surface area contributed by atoms with Crippen molar-refractivity contribution < 1.29 is 22.7 Å². The summed E-state index contributed by atoms with van der Waals surface area (Å²) in [6, 6.07) is 12.6. The minimum absolute atomic E-state index is 0.0801. The van der Waals surface area contributed by atoms with Gasteiger partial charge in [-0.25, -0.2) is 8.42 Å². The number of ether oxygens (including phenoxy) is 1. The highest BCUT2D eigenvalue weighted by molar-refractivity contribution is 7.92. The number of anilines is 1. The molecule has 186 valence electrons. The van der Waals surface area contributed by atoms with Crippen LogP contribution in [0.2, 0.25) is 5.02 Å². The summed E-state index contributed by atoms with van der Waals surface area (Å²) in [7, 11) is -3.85. The average Bonchev–Trinajstić information content (AvgIpc) is 2.75. The molecule has 8 nitrogen and oxygen atoms in total. The van der Waals surface area contributed by atoms with Gasteiger partial charge in [0.1, 0.15) is 18.3 Å². The number of sulfonamides is 1. The van der Waals surface area contributed by atoms with Crippen LogP contribution < -0.4 is 14.4 Å². The maximum absolute atomic E-state index is 13.5. The monoisotopic (exact) mass is 509 g/mol. The van der Waals surface area contributed by atoms with E-state index < -0.39 is 28.5 Å². The Balaban J connectivity index is 2.44. The smallest absolute Gasteiger partial charge is 0.244 e. The van der Waals surface area contributed by atoms with Gasteiger partial charge in [0, 0.05) is 17.6 Å². The summed E-state index contributed by atoms with van der Waals surface area (Å²) in [5, 5.41) is 3.30. The van der Waals surface area contributed by atoms with E-state index in [0.717, 1.165) is 10.6 Å². The summed E-state index contributed by atoms with van der Waals surface area (Å²) in [5.74, 6) is -0.538. The summed E-state index contributed by atoms with van der Waals surface area (Å²) >= 11 is 6.11. The first-order chi connectivity index (χ1) is 15.9. The molecule has 0 bridgehead atoms. The van der Waals surface area contributed by atoms with Crippen LogP contribution in [0.5, 0.6) is 5.75 Å². The van der Waals surface area contributed by atoms with Gasteiger partial charge in [-0.15, -0.1) is 0 Å². The topological polar surface area (TPSA) is 96.0 Å². The lowest BCUT2D eigenvalue weighted by molar-refractivity contribution is -0.139. The van der Waals surface area contributed by atoms with E-state index in [-0.39, 0.29) is 24.2 Å². The van der Waals surface area contributed by atoms with Gasteiger partial charge in [-0.1, -0.05) is 35.9 Å². The molecule has 0 saturated carbocycles. The molecule has 0 aliphatic rings. The molecule has 0 aromatic heterocycles. The van der Waals surface area contributed by atoms with Crippen LogP contribution in [0.25, 0.3) is 0 Å². The van der Waals surface area contributed by atoms with Gasteiger partial charge < -0.3 is 15.0 Å². The van der Waals surface area contributed by atoms with Crippen LogP contribution in [0, 0.1) is 0 Å². The molecule has 0 spiro atoms. The normalized spacial score (nSPS) is 12.2. The first-order valence-corrected chi connectivity index (χ1v) is 13.2. The number of halogens is 1. The van der Waals surface area contributed by atoms with Crippen molar-refractivity contribution in [2.75, 3.05) is 23.7 Å². The molecular weight excluding hydrogens is 478 g/mol. The predicted molar refractivity (Wildman–Crippen MR) is 135 cm³/mol. The second-order valence-electron chi connectivity index (χ2n) is 8.16. The molecule has 1 unspecified atom stereocenters. The van der Waals surface area contributed by atoms with Gasteiger partial charge in [0.2, 0.25) is 21.8 Å². The molecule has 2 rings (SSSR count). The number of nitrogens with one attached hydrogen (secondary N) is 1. The number of hydrogen-bond acceptors (Lipinski definition) is 5. The van der Waals surface area contributed by atoms with E-state index in [0.29, 0.717) is 22.9 Å². The zero-order valence-electron chi connectivity index (χ0n) is 20.1. The Bertz CT molecular complexity index is 1110. The van der Waals surface area contributed by atoms with Crippen molar-refractivity contribution in [3.63, 3.8) is 0 Å². The van der Waals surface area contributed by atoms with Crippen LogP contribution in [0.15, 0.2) is 48.5 Å². The zero-order chi connectivity index (χ0) is 25.5. The summed E-state index contributed by atoms with van der Waals surface area (Å²) in [4.78, 5) is 27.6. The van der Waals surface area contributed by atoms with Gasteiger partial charge in [-0.2, -0.15) is 0 Å². The van der Waals surface area contributed by atoms with E-state index in [2.05, 4.69) is 5.32 Å². The molecule has 0 heterocycles. The third-order valence-electron chi connectivity index (χ3n) is 4.95. The lowest BCUT2D eigenvalue weighted by atomic mass is 10.1. The minimum atomic E-state index is -3.85. The van der Waals surface area contributed by atoms with Crippen LogP contribution in [-0.4, -0.2) is 56.6 Å². The molecule has 2 aromatic rings. The third-order valence-corrected chi connectivity index (χ3v) is 6.31. The highest BCUT2D eigenvalue weighted by Crippen LogP contribution is 2.30. The summed E-state index contributed by atoms with van der Waals surface area (Å²) in [6.07, 6.45) is 1.03. The Labute approximate surface area is 206 Å². The standard InChI is InChI=1S/C24H32ClN3O5S/c1-6-33-22-13-8-7-12-21(22)28(34(5,31)32)16-23(29)27(18(4)24(30)26-17(2)3)15-19-10-9-11-20(25)14-19/h7-14,17-18H,6,15-16H2,1-5H3,(H,26,30). The van der Waals surface area contributed by atoms with Gasteiger partial charge in [0.15, 0.2) is 0 Å². The van der Waals surface area contributed by atoms with Gasteiger partial charge in [-0.05, 0) is 57.5 Å². The van der Waals surface area contributed by atoms with Crippen LogP contribution in [0.1, 0.15) is 33.3 Å². The first kappa shape index (κ1) is 27.5. The maximum atomic E-state index is 13.5. The average molecular weight is 510 g/mol. The van der Waals surface area contributed by atoms with Gasteiger partial charge in [0.25, 0.3) is 0 Å². The zero-order valence-corrected chi connectivity index (χ0v) is 21.7. The highest BCUT2D eigenvalue weighted by atomic mass is 35.5. The Morgan fingerprint density at radius 2 is 1.76 bits per heavy atom. The Kier molecular flexibility index (Phi) is 9.76. The molecule has 1 atom stereocenters. The first-order valence-electron chi connectivity index (χ1n) is 11.0. The fourth-order valence-corrected chi connectivity index (χ4v) is 4.42. The van der Waals surface area contributed by atoms with Gasteiger partial charge >= 0.3 is 0 Å². The molecule has 10 heteroatoms. The fraction of sp³-hybridized carbons (Fsp3) is 0.417. The Morgan fingerprint density at radius 3 is 2.35 bits per heavy atom. The summed E-state index contributed by atoms with van der Waals surface area (Å²) < 4.78 is 32.0. The molecule has 34 heavy (non-hydrogen) atoms. The number of hydrogen-bond donors (Lipinski definition) is 1. The van der Waals surface area contributed by atoms with Gasteiger partial charge in [-0.3, -0.25) is 13.9 Å². The molecule has 2 amide bonds. The van der Waals surface area contributed by atoms with Crippen LogP contribution >= 0.6 is 11.6 Å². The van der Waals surface area contributed by atoms with Crippen molar-refractivity contribution in [1.82, 2.24) is 10.2 Å². The number of carbonyl (C=O) groups is 2. The van der Waals surface area contributed by atoms with E-state index in [1.165, 1.54) is 4.90 Å². The predicted octanol–water partition coefficient (Wildman–Crippen LogP) is 3.45. The summed E-state index contributed by atoms with van der Waals surface area (Å²) in [6.45, 7) is 6.95. The van der Waals surface area contributed by atoms with Crippen molar-refractivity contribution in [1.29, 1.82) is 0 Å². The van der Waals surface area contributed by atoms with Crippen molar-refractivity contribution >= 4 is 39.1 Å². The molecule has 2 aromatic carbocycles. The van der Waals surface area contributed by atoms with E-state index in [9.17, 15) is 18.0 Å². The van der Waals surface area contributed by atoms with E-state index >= 15 is 0 Å². The quantitative estimate of drug-likeness (QED) is 0.500. The van der Waals surface area contributed by atoms with Crippen molar-refractivity contribution in [3.8, 4) is 5.75 Å². The van der Waals surface area contributed by atoms with Crippen molar-refractivity contribution in [2.24, 2.45) is 0 Å². The molecule has 0 radical (unpaired) electrons. The largest absolute Gasteiger partial charge is 0.492 e. The fourth-order valence-electron chi connectivity index (χ4n) is 3.36. The molecule has 0 fully saturated rings. The van der Waals surface area contributed by atoms with Crippen LogP contribution in [-0.2, 0) is 26.2 Å². The van der Waals surface area contributed by atoms with Crippen LogP contribution in [0.3, 0.4) is 0 Å². The van der Waals surface area contributed by atoms with Crippen LogP contribution in [0.4, 0.5) is 5.69 Å². The van der Waals surface area contributed by atoms with E-state index in [1.54, 1.807) is 62.4 Å². The van der Waals surface area contributed by atoms with Crippen molar-refractivity contribution in [3.05, 3.63) is 59.1 Å². The summed E-state index contributed by atoms with van der Waals surface area (Å²) in [5.41, 5.74) is 0.966. The lowest BCUT2D eigenvalue weighted by Gasteiger charge is -2.32. The molecule has 0 saturated heterocycles. The number of carbonyl (C=O) groups excluding carboxylic acids is 2. The minimum Gasteiger partial charge on any atom is -0.492 e. The second-order valence-corrected chi connectivity index (χ2v) is 10.5. The molecule has 0 aliphatic carbocycles. The highest BCUT2D eigenvalue weighted by Gasteiger charge is 2.31. The Morgan fingerprint density at radius 1 is 1.09 bits per heavy atom. The number of benzene rings is 2. The third kappa shape index (κ3) is 7.63. The van der Waals surface area contributed by atoms with Gasteiger partial charge in [0.05, 0.1) is 18.6 Å². The van der Waals surface area contributed by atoms with E-state index in [4.69, 9.17) is 16.3 Å². The SMILES string of the molecule is CCOc1ccccc1N(CC(=O)N(Cc1cccc(Cl)c1)C(C)C(=O)NC(C)C)S(C)(=O)=O. The number of para-hydroxylation sites is 2. The molecular formula is C24H32ClN3O5S. The number of nitrogens with zero attached hydrogens (tertiary/aromatic N) is 2. The molecule has 1 N–H and O–H groups in total. The second kappa shape index (κ2) is 12.1.